The third-order valence-electron chi connectivity index (χ3n) is 3.54. The predicted molar refractivity (Wildman–Crippen MR) is 74.9 cm³/mol. The Morgan fingerprint density at radius 2 is 2.37 bits per heavy atom. The number of rotatable bonds is 5. The van der Waals surface area contributed by atoms with Crippen LogP contribution in [-0.4, -0.2) is 48.6 Å². The van der Waals surface area contributed by atoms with Gasteiger partial charge < -0.3 is 15.5 Å². The van der Waals surface area contributed by atoms with E-state index in [1.807, 2.05) is 0 Å². The second-order valence-corrected chi connectivity index (χ2v) is 5.13. The van der Waals surface area contributed by atoms with Crippen molar-refractivity contribution < 1.29 is 4.39 Å². The lowest BCUT2D eigenvalue weighted by Crippen LogP contribution is -2.32. The van der Waals surface area contributed by atoms with Crippen LogP contribution < -0.4 is 10.6 Å². The van der Waals surface area contributed by atoms with Crippen molar-refractivity contribution in [3.8, 4) is 0 Å². The van der Waals surface area contributed by atoms with Crippen molar-refractivity contribution in [1.29, 1.82) is 0 Å². The van der Waals surface area contributed by atoms with E-state index >= 15 is 0 Å². The number of aromatic nitrogens is 2. The molecule has 0 bridgehead atoms. The van der Waals surface area contributed by atoms with Gasteiger partial charge in [0.1, 0.15) is 0 Å². The molecule has 1 atom stereocenters. The molecular formula is C13H22FN5. The minimum Gasteiger partial charge on any atom is -0.371 e. The molecule has 19 heavy (non-hydrogen) atoms. The van der Waals surface area contributed by atoms with Gasteiger partial charge >= 0.3 is 0 Å². The third kappa shape index (κ3) is 4.02. The molecular weight excluding hydrogens is 245 g/mol. The van der Waals surface area contributed by atoms with Gasteiger partial charge in [0.15, 0.2) is 11.6 Å². The maximum Gasteiger partial charge on any atom is 0.224 e. The molecule has 1 aromatic heterocycles. The van der Waals surface area contributed by atoms with Gasteiger partial charge in [-0.3, -0.25) is 0 Å². The quantitative estimate of drug-likeness (QED) is 0.852. The molecule has 0 aromatic carbocycles. The third-order valence-corrected chi connectivity index (χ3v) is 3.54. The van der Waals surface area contributed by atoms with Crippen LogP contribution in [0.1, 0.15) is 19.3 Å². The molecule has 0 amide bonds. The van der Waals surface area contributed by atoms with E-state index < -0.39 is 5.82 Å². The van der Waals surface area contributed by atoms with E-state index in [9.17, 15) is 4.39 Å². The molecule has 0 saturated carbocycles. The molecule has 106 valence electrons. The minimum absolute atomic E-state index is 0.231. The molecule has 2 N–H and O–H groups in total. The Hall–Kier alpha value is -1.43. The number of anilines is 2. The summed E-state index contributed by atoms with van der Waals surface area (Å²) in [5.74, 6) is 1.02. The van der Waals surface area contributed by atoms with Gasteiger partial charge in [0.25, 0.3) is 0 Å². The van der Waals surface area contributed by atoms with Gasteiger partial charge in [-0.05, 0) is 38.8 Å². The van der Waals surface area contributed by atoms with Crippen LogP contribution in [0.3, 0.4) is 0 Å². The number of nitrogens with one attached hydrogen (secondary N) is 2. The highest BCUT2D eigenvalue weighted by Gasteiger charge is 2.16. The largest absolute Gasteiger partial charge is 0.371 e. The first-order valence-electron chi connectivity index (χ1n) is 6.81. The van der Waals surface area contributed by atoms with Crippen molar-refractivity contribution in [1.82, 2.24) is 14.9 Å². The fraction of sp³-hybridized carbons (Fsp3) is 0.692. The molecule has 2 rings (SSSR count). The second kappa shape index (κ2) is 6.65. The van der Waals surface area contributed by atoms with Crippen LogP contribution in [0.2, 0.25) is 0 Å². The van der Waals surface area contributed by atoms with Crippen molar-refractivity contribution in [3.05, 3.63) is 12.0 Å². The standard InChI is InChI=1S/C13H22FN5/c1-15-12-11(14)8-17-13(18-12)16-6-5-10-4-3-7-19(2)9-10/h8,10H,3-7,9H2,1-2H3,(H2,15,16,17,18)/t10-/m0/s1. The Labute approximate surface area is 113 Å². The molecule has 2 heterocycles. The van der Waals surface area contributed by atoms with E-state index in [2.05, 4.69) is 32.5 Å². The van der Waals surface area contributed by atoms with Gasteiger partial charge in [0.2, 0.25) is 5.95 Å². The van der Waals surface area contributed by atoms with Gasteiger partial charge in [-0.25, -0.2) is 9.37 Å². The lowest BCUT2D eigenvalue weighted by molar-refractivity contribution is 0.205. The fourth-order valence-electron chi connectivity index (χ4n) is 2.52. The van der Waals surface area contributed by atoms with Crippen LogP contribution >= 0.6 is 0 Å². The second-order valence-electron chi connectivity index (χ2n) is 5.13. The van der Waals surface area contributed by atoms with Gasteiger partial charge in [-0.1, -0.05) is 0 Å². The summed E-state index contributed by atoms with van der Waals surface area (Å²) in [5, 5.41) is 5.87. The number of piperidine rings is 1. The minimum atomic E-state index is -0.429. The summed E-state index contributed by atoms with van der Waals surface area (Å²) in [6, 6.07) is 0. The summed E-state index contributed by atoms with van der Waals surface area (Å²) in [4.78, 5) is 10.4. The number of halogens is 1. The summed E-state index contributed by atoms with van der Waals surface area (Å²) >= 11 is 0. The van der Waals surface area contributed by atoms with Crippen molar-refractivity contribution in [2.45, 2.75) is 19.3 Å². The van der Waals surface area contributed by atoms with E-state index in [0.717, 1.165) is 25.4 Å². The van der Waals surface area contributed by atoms with Crippen LogP contribution in [0.4, 0.5) is 16.2 Å². The van der Waals surface area contributed by atoms with Crippen LogP contribution in [0.25, 0.3) is 0 Å². The molecule has 0 spiro atoms. The van der Waals surface area contributed by atoms with Gasteiger partial charge in [0, 0.05) is 20.1 Å². The molecule has 0 radical (unpaired) electrons. The van der Waals surface area contributed by atoms with E-state index in [1.54, 1.807) is 7.05 Å². The molecule has 1 aliphatic heterocycles. The van der Waals surface area contributed by atoms with Crippen LogP contribution in [-0.2, 0) is 0 Å². The SMILES string of the molecule is CNc1nc(NCC[C@@H]2CCCN(C)C2)ncc1F. The zero-order chi connectivity index (χ0) is 13.7. The molecule has 0 aliphatic carbocycles. The number of hydrogen-bond acceptors (Lipinski definition) is 5. The van der Waals surface area contributed by atoms with Crippen LogP contribution in [0.15, 0.2) is 6.20 Å². The van der Waals surface area contributed by atoms with Crippen molar-refractivity contribution in [2.75, 3.05) is 44.4 Å². The summed E-state index contributed by atoms with van der Waals surface area (Å²) < 4.78 is 13.2. The first kappa shape index (κ1) is 14.0. The molecule has 1 saturated heterocycles. The summed E-state index contributed by atoms with van der Waals surface area (Å²) in [5.41, 5.74) is 0. The Kier molecular flexibility index (Phi) is 4.90. The van der Waals surface area contributed by atoms with Crippen molar-refractivity contribution in [2.24, 2.45) is 5.92 Å². The van der Waals surface area contributed by atoms with E-state index in [1.165, 1.54) is 25.6 Å². The first-order chi connectivity index (χ1) is 9.19. The summed E-state index contributed by atoms with van der Waals surface area (Å²) in [6.45, 7) is 3.19. The highest BCUT2D eigenvalue weighted by atomic mass is 19.1. The average Bonchev–Trinajstić information content (AvgIpc) is 2.41. The van der Waals surface area contributed by atoms with E-state index in [0.29, 0.717) is 5.95 Å². The highest BCUT2D eigenvalue weighted by molar-refractivity contribution is 5.40. The lowest BCUT2D eigenvalue weighted by Gasteiger charge is -2.29. The predicted octanol–water partition coefficient (Wildman–Crippen LogP) is 1.80. The number of likely N-dealkylation sites (tertiary alicyclic amines) is 1. The highest BCUT2D eigenvalue weighted by Crippen LogP contribution is 2.18. The van der Waals surface area contributed by atoms with Gasteiger partial charge in [0.05, 0.1) is 6.20 Å². The zero-order valence-corrected chi connectivity index (χ0v) is 11.6. The molecule has 1 aliphatic rings. The summed E-state index contributed by atoms with van der Waals surface area (Å²) in [6.07, 6.45) is 4.85. The first-order valence-corrected chi connectivity index (χ1v) is 6.81. The molecule has 1 aromatic rings. The molecule has 1 fully saturated rings. The van der Waals surface area contributed by atoms with E-state index in [-0.39, 0.29) is 5.82 Å². The van der Waals surface area contributed by atoms with Gasteiger partial charge in [-0.15, -0.1) is 0 Å². The van der Waals surface area contributed by atoms with Crippen molar-refractivity contribution in [3.63, 3.8) is 0 Å². The monoisotopic (exact) mass is 267 g/mol. The normalized spacial score (nSPS) is 20.3. The zero-order valence-electron chi connectivity index (χ0n) is 11.6. The van der Waals surface area contributed by atoms with Gasteiger partial charge in [-0.2, -0.15) is 4.98 Å². The number of nitrogens with zero attached hydrogens (tertiary/aromatic N) is 3. The van der Waals surface area contributed by atoms with Crippen LogP contribution in [0, 0.1) is 11.7 Å². The maximum absolute atomic E-state index is 13.2. The fourth-order valence-corrected chi connectivity index (χ4v) is 2.52. The Morgan fingerprint density at radius 3 is 3.11 bits per heavy atom. The summed E-state index contributed by atoms with van der Waals surface area (Å²) in [7, 11) is 3.81. The Morgan fingerprint density at radius 1 is 1.53 bits per heavy atom. The lowest BCUT2D eigenvalue weighted by atomic mass is 9.95. The smallest absolute Gasteiger partial charge is 0.224 e. The van der Waals surface area contributed by atoms with Crippen molar-refractivity contribution >= 4 is 11.8 Å². The Balaban J connectivity index is 1.79. The molecule has 0 unspecified atom stereocenters. The Bertz CT molecular complexity index is 412. The molecule has 5 nitrogen and oxygen atoms in total. The average molecular weight is 267 g/mol. The van der Waals surface area contributed by atoms with Crippen LogP contribution in [0.5, 0.6) is 0 Å². The number of hydrogen-bond donors (Lipinski definition) is 2. The topological polar surface area (TPSA) is 53.1 Å². The maximum atomic E-state index is 13.2. The van der Waals surface area contributed by atoms with E-state index in [4.69, 9.17) is 0 Å². The molecule has 6 heteroatoms.